The fourth-order valence-electron chi connectivity index (χ4n) is 3.17. The molecule has 0 aliphatic carbocycles. The summed E-state index contributed by atoms with van der Waals surface area (Å²) in [5, 5.41) is 1.56. The first kappa shape index (κ1) is 21.8. The van der Waals surface area contributed by atoms with Crippen molar-refractivity contribution >= 4 is 40.7 Å². The van der Waals surface area contributed by atoms with Crippen molar-refractivity contribution in [3.63, 3.8) is 0 Å². The second kappa shape index (κ2) is 10.2. The summed E-state index contributed by atoms with van der Waals surface area (Å²) in [4.78, 5) is 15.0. The van der Waals surface area contributed by atoms with Gasteiger partial charge in [0.15, 0.2) is 0 Å². The number of halogens is 3. The molecular formula is C23H23Cl3N2O. The molecule has 152 valence electrons. The molecule has 1 aromatic heterocycles. The van der Waals surface area contributed by atoms with Gasteiger partial charge in [0.05, 0.1) is 16.6 Å². The van der Waals surface area contributed by atoms with Gasteiger partial charge in [0.2, 0.25) is 0 Å². The number of benzene rings is 2. The summed E-state index contributed by atoms with van der Waals surface area (Å²) in [5.74, 6) is -0.0532. The molecule has 1 amide bonds. The summed E-state index contributed by atoms with van der Waals surface area (Å²) in [7, 11) is 0. The minimum atomic E-state index is -0.0532. The van der Waals surface area contributed by atoms with Gasteiger partial charge in [-0.05, 0) is 48.4 Å². The summed E-state index contributed by atoms with van der Waals surface area (Å²) in [6.07, 6.45) is 3.95. The first-order valence-corrected chi connectivity index (χ1v) is 10.7. The van der Waals surface area contributed by atoms with Crippen molar-refractivity contribution in [2.45, 2.75) is 32.9 Å². The third-order valence-corrected chi connectivity index (χ3v) is 5.92. The Kier molecular flexibility index (Phi) is 7.65. The zero-order chi connectivity index (χ0) is 20.8. The average Bonchev–Trinajstić information content (AvgIpc) is 3.15. The molecule has 0 aliphatic heterocycles. The standard InChI is InChI=1S/C23H23Cl3N2O/c1-2-3-12-28(23(29)17-10-11-21(25)22(26)14-17)16-19-8-6-13-27(19)15-18-7-4-5-9-20(18)24/h4-11,13-14H,2-3,12,15-16H2,1H3. The van der Waals surface area contributed by atoms with Crippen LogP contribution in [0.1, 0.15) is 41.4 Å². The molecule has 0 saturated heterocycles. The Morgan fingerprint density at radius 2 is 1.76 bits per heavy atom. The maximum absolute atomic E-state index is 13.2. The molecule has 0 N–H and O–H groups in total. The smallest absolute Gasteiger partial charge is 0.254 e. The van der Waals surface area contributed by atoms with E-state index in [-0.39, 0.29) is 5.91 Å². The maximum Gasteiger partial charge on any atom is 0.254 e. The number of nitrogens with zero attached hydrogens (tertiary/aromatic N) is 2. The number of hydrogen-bond acceptors (Lipinski definition) is 1. The number of aromatic nitrogens is 1. The topological polar surface area (TPSA) is 25.2 Å². The Hall–Kier alpha value is -1.94. The van der Waals surface area contributed by atoms with Crippen LogP contribution in [0.5, 0.6) is 0 Å². The van der Waals surface area contributed by atoms with Crippen molar-refractivity contribution in [2.24, 2.45) is 0 Å². The van der Waals surface area contributed by atoms with Crippen molar-refractivity contribution < 1.29 is 4.79 Å². The van der Waals surface area contributed by atoms with Gasteiger partial charge >= 0.3 is 0 Å². The van der Waals surface area contributed by atoms with Crippen LogP contribution in [-0.4, -0.2) is 21.9 Å². The predicted molar refractivity (Wildman–Crippen MR) is 121 cm³/mol. The van der Waals surface area contributed by atoms with Crippen molar-refractivity contribution in [2.75, 3.05) is 6.54 Å². The molecule has 3 aromatic rings. The average molecular weight is 450 g/mol. The highest BCUT2D eigenvalue weighted by Crippen LogP contribution is 2.24. The Balaban J connectivity index is 1.82. The first-order valence-electron chi connectivity index (χ1n) is 9.61. The van der Waals surface area contributed by atoms with Crippen LogP contribution in [0.2, 0.25) is 15.1 Å². The number of carbonyl (C=O) groups is 1. The van der Waals surface area contributed by atoms with Crippen LogP contribution in [0.4, 0.5) is 0 Å². The molecule has 3 nitrogen and oxygen atoms in total. The van der Waals surface area contributed by atoms with E-state index in [4.69, 9.17) is 34.8 Å². The van der Waals surface area contributed by atoms with E-state index in [9.17, 15) is 4.79 Å². The minimum absolute atomic E-state index is 0.0532. The van der Waals surface area contributed by atoms with Crippen LogP contribution in [0, 0.1) is 0 Å². The van der Waals surface area contributed by atoms with E-state index in [1.807, 2.05) is 47.5 Å². The zero-order valence-electron chi connectivity index (χ0n) is 16.2. The van der Waals surface area contributed by atoms with Gasteiger partial charge in [0.1, 0.15) is 0 Å². The summed E-state index contributed by atoms with van der Waals surface area (Å²) in [6, 6.07) is 16.9. The van der Waals surface area contributed by atoms with Gasteiger partial charge in [0, 0.05) is 35.6 Å². The summed E-state index contributed by atoms with van der Waals surface area (Å²) in [6.45, 7) is 3.95. The van der Waals surface area contributed by atoms with Crippen LogP contribution < -0.4 is 0 Å². The van der Waals surface area contributed by atoms with Gasteiger partial charge in [-0.3, -0.25) is 4.79 Å². The highest BCUT2D eigenvalue weighted by Gasteiger charge is 2.18. The second-order valence-electron chi connectivity index (χ2n) is 6.93. The highest BCUT2D eigenvalue weighted by atomic mass is 35.5. The quantitative estimate of drug-likeness (QED) is 0.365. The van der Waals surface area contributed by atoms with Crippen LogP contribution in [0.25, 0.3) is 0 Å². The summed E-state index contributed by atoms with van der Waals surface area (Å²) < 4.78 is 2.13. The second-order valence-corrected chi connectivity index (χ2v) is 8.15. The van der Waals surface area contributed by atoms with Crippen LogP contribution in [0.15, 0.2) is 60.8 Å². The molecule has 0 spiro atoms. The monoisotopic (exact) mass is 448 g/mol. The zero-order valence-corrected chi connectivity index (χ0v) is 18.5. The van der Waals surface area contributed by atoms with E-state index in [1.54, 1.807) is 18.2 Å². The highest BCUT2D eigenvalue weighted by molar-refractivity contribution is 6.42. The Morgan fingerprint density at radius 1 is 0.966 bits per heavy atom. The SMILES string of the molecule is CCCCN(Cc1cccn1Cc1ccccc1Cl)C(=O)c1ccc(Cl)c(Cl)c1. The molecule has 1 heterocycles. The van der Waals surface area contributed by atoms with Crippen LogP contribution in [-0.2, 0) is 13.1 Å². The Bertz CT molecular complexity index is 984. The molecule has 6 heteroatoms. The predicted octanol–water partition coefficient (Wildman–Crippen LogP) is 6.94. The van der Waals surface area contributed by atoms with Gasteiger partial charge in [-0.2, -0.15) is 0 Å². The van der Waals surface area contributed by atoms with E-state index < -0.39 is 0 Å². The van der Waals surface area contributed by atoms with Crippen LogP contribution >= 0.6 is 34.8 Å². The van der Waals surface area contributed by atoms with Gasteiger partial charge < -0.3 is 9.47 Å². The lowest BCUT2D eigenvalue weighted by atomic mass is 10.1. The van der Waals surface area contributed by atoms with E-state index in [1.165, 1.54) is 0 Å². The van der Waals surface area contributed by atoms with Gasteiger partial charge in [-0.15, -0.1) is 0 Å². The molecular weight excluding hydrogens is 427 g/mol. The number of carbonyl (C=O) groups excluding carboxylic acids is 1. The van der Waals surface area contributed by atoms with Gasteiger partial charge in [-0.1, -0.05) is 66.3 Å². The van der Waals surface area contributed by atoms with Crippen molar-refractivity contribution in [1.29, 1.82) is 0 Å². The molecule has 29 heavy (non-hydrogen) atoms. The van der Waals surface area contributed by atoms with E-state index in [0.29, 0.717) is 35.2 Å². The summed E-state index contributed by atoms with van der Waals surface area (Å²) >= 11 is 18.4. The first-order chi connectivity index (χ1) is 14.0. The third-order valence-electron chi connectivity index (χ3n) is 4.81. The minimum Gasteiger partial charge on any atom is -0.345 e. The van der Waals surface area contributed by atoms with E-state index >= 15 is 0 Å². The van der Waals surface area contributed by atoms with E-state index in [2.05, 4.69) is 11.5 Å². The molecule has 0 radical (unpaired) electrons. The lowest BCUT2D eigenvalue weighted by Gasteiger charge is -2.24. The largest absolute Gasteiger partial charge is 0.345 e. The molecule has 0 saturated carbocycles. The molecule has 0 unspecified atom stereocenters. The fourth-order valence-corrected chi connectivity index (χ4v) is 3.66. The van der Waals surface area contributed by atoms with Crippen molar-refractivity contribution in [3.05, 3.63) is 92.7 Å². The Morgan fingerprint density at radius 3 is 2.48 bits per heavy atom. The number of hydrogen-bond donors (Lipinski definition) is 0. The normalized spacial score (nSPS) is 10.9. The van der Waals surface area contributed by atoms with Gasteiger partial charge in [0.25, 0.3) is 5.91 Å². The molecule has 2 aromatic carbocycles. The number of rotatable bonds is 8. The molecule has 3 rings (SSSR count). The summed E-state index contributed by atoms with van der Waals surface area (Å²) in [5.41, 5.74) is 2.64. The van der Waals surface area contributed by atoms with E-state index in [0.717, 1.165) is 29.1 Å². The number of unbranched alkanes of at least 4 members (excludes halogenated alkanes) is 1. The maximum atomic E-state index is 13.2. The van der Waals surface area contributed by atoms with Crippen molar-refractivity contribution in [1.82, 2.24) is 9.47 Å². The lowest BCUT2D eigenvalue weighted by molar-refractivity contribution is 0.0737. The van der Waals surface area contributed by atoms with Crippen LogP contribution in [0.3, 0.4) is 0 Å². The molecule has 0 atom stereocenters. The molecule has 0 aliphatic rings. The number of amides is 1. The third kappa shape index (κ3) is 5.57. The lowest BCUT2D eigenvalue weighted by Crippen LogP contribution is -2.32. The molecule has 0 fully saturated rings. The van der Waals surface area contributed by atoms with Gasteiger partial charge in [-0.25, -0.2) is 0 Å². The fraction of sp³-hybridized carbons (Fsp3) is 0.261. The Labute approximate surface area is 186 Å². The van der Waals surface area contributed by atoms with Crippen molar-refractivity contribution in [3.8, 4) is 0 Å². The molecule has 0 bridgehead atoms.